The van der Waals surface area contributed by atoms with Crippen molar-refractivity contribution >= 4 is 22.5 Å². The molecule has 110 valence electrons. The maximum absolute atomic E-state index is 13.2. The lowest BCUT2D eigenvalue weighted by Crippen LogP contribution is -2.20. The molecule has 0 fully saturated rings. The Bertz CT molecular complexity index is 549. The second-order valence-electron chi connectivity index (χ2n) is 4.25. The van der Waals surface area contributed by atoms with Crippen LogP contribution in [0.25, 0.3) is 0 Å². The van der Waals surface area contributed by atoms with Crippen LogP contribution in [0.2, 0.25) is 0 Å². The quantitative estimate of drug-likeness (QED) is 0.454. The van der Waals surface area contributed by atoms with Crippen LogP contribution < -0.4 is 0 Å². The van der Waals surface area contributed by atoms with Crippen LogP contribution in [0.15, 0.2) is 18.2 Å². The molecular formula is C12H14FNO5S. The second kappa shape index (κ2) is 7.09. The van der Waals surface area contributed by atoms with Crippen LogP contribution in [0, 0.1) is 21.8 Å². The van der Waals surface area contributed by atoms with Gasteiger partial charge in [0.15, 0.2) is 0 Å². The minimum absolute atomic E-state index is 0.0526. The summed E-state index contributed by atoms with van der Waals surface area (Å²) in [5.74, 6) is -1.79. The van der Waals surface area contributed by atoms with Gasteiger partial charge in [-0.25, -0.2) is 4.39 Å². The molecule has 8 heteroatoms. The highest BCUT2D eigenvalue weighted by molar-refractivity contribution is 7.84. The van der Waals surface area contributed by atoms with E-state index in [1.807, 2.05) is 0 Å². The van der Waals surface area contributed by atoms with Crippen molar-refractivity contribution in [3.63, 3.8) is 0 Å². The third-order valence-electron chi connectivity index (χ3n) is 2.52. The summed E-state index contributed by atoms with van der Waals surface area (Å²) in [5, 5.41) is 10.6. The molecule has 0 aliphatic heterocycles. The number of carbonyl (C=O) groups is 1. The molecule has 2 atom stereocenters. The monoisotopic (exact) mass is 303 g/mol. The number of esters is 1. The first-order chi connectivity index (χ1) is 9.33. The maximum atomic E-state index is 13.2. The molecule has 0 saturated heterocycles. The smallest absolute Gasteiger partial charge is 0.309 e. The number of carbonyl (C=O) groups excluding carboxylic acids is 1. The molecule has 0 N–H and O–H groups in total. The number of nitro groups is 1. The van der Waals surface area contributed by atoms with Crippen molar-refractivity contribution in [3.05, 3.63) is 39.7 Å². The standard InChI is InChI=1S/C12H14FNO5S/c1-8(12(15)19-2)6-20(18)7-9-3-10(13)5-11(4-9)14(16)17/h3-5,8H,6-7H2,1-2H3. The van der Waals surface area contributed by atoms with Crippen molar-refractivity contribution in [2.24, 2.45) is 5.92 Å². The fraction of sp³-hybridized carbons (Fsp3) is 0.417. The Labute approximate surface area is 117 Å². The second-order valence-corrected chi connectivity index (χ2v) is 5.75. The highest BCUT2D eigenvalue weighted by atomic mass is 32.2. The first-order valence-electron chi connectivity index (χ1n) is 5.70. The van der Waals surface area contributed by atoms with Gasteiger partial charge in [-0.2, -0.15) is 0 Å². The van der Waals surface area contributed by atoms with Gasteiger partial charge in [-0.05, 0) is 11.6 Å². The number of nitro benzene ring substituents is 1. The average Bonchev–Trinajstić information content (AvgIpc) is 2.36. The first kappa shape index (κ1) is 16.2. The van der Waals surface area contributed by atoms with Crippen LogP contribution in [0.5, 0.6) is 0 Å². The topological polar surface area (TPSA) is 86.5 Å². The van der Waals surface area contributed by atoms with Crippen molar-refractivity contribution < 1.29 is 23.1 Å². The van der Waals surface area contributed by atoms with E-state index in [0.29, 0.717) is 0 Å². The van der Waals surface area contributed by atoms with E-state index in [9.17, 15) is 23.5 Å². The maximum Gasteiger partial charge on any atom is 0.309 e. The summed E-state index contributed by atoms with van der Waals surface area (Å²) in [7, 11) is -0.209. The van der Waals surface area contributed by atoms with Gasteiger partial charge in [-0.1, -0.05) is 6.92 Å². The summed E-state index contributed by atoms with van der Waals surface area (Å²) < 4.78 is 29.6. The summed E-state index contributed by atoms with van der Waals surface area (Å²) in [6, 6.07) is 3.06. The first-order valence-corrected chi connectivity index (χ1v) is 7.19. The minimum Gasteiger partial charge on any atom is -0.469 e. The van der Waals surface area contributed by atoms with E-state index in [-0.39, 0.29) is 17.1 Å². The van der Waals surface area contributed by atoms with Crippen LogP contribution in [-0.2, 0) is 26.1 Å². The molecule has 6 nitrogen and oxygen atoms in total. The molecule has 1 rings (SSSR count). The highest BCUT2D eigenvalue weighted by Gasteiger charge is 2.18. The van der Waals surface area contributed by atoms with Gasteiger partial charge in [0.1, 0.15) is 5.82 Å². The third kappa shape index (κ3) is 4.69. The highest BCUT2D eigenvalue weighted by Crippen LogP contribution is 2.18. The zero-order chi connectivity index (χ0) is 15.3. The number of rotatable bonds is 6. The lowest BCUT2D eigenvalue weighted by atomic mass is 10.2. The normalized spacial score (nSPS) is 13.6. The predicted octanol–water partition coefficient (Wildman–Crippen LogP) is 1.79. The van der Waals surface area contributed by atoms with Crippen molar-refractivity contribution in [1.29, 1.82) is 0 Å². The van der Waals surface area contributed by atoms with Gasteiger partial charge in [0.25, 0.3) is 5.69 Å². The Morgan fingerprint density at radius 2 is 2.15 bits per heavy atom. The van der Waals surface area contributed by atoms with Gasteiger partial charge in [-0.3, -0.25) is 19.1 Å². The van der Waals surface area contributed by atoms with E-state index in [2.05, 4.69) is 4.74 Å². The molecule has 0 aliphatic carbocycles. The fourth-order valence-corrected chi connectivity index (χ4v) is 2.97. The molecular weight excluding hydrogens is 289 g/mol. The van der Waals surface area contributed by atoms with Gasteiger partial charge in [0, 0.05) is 28.4 Å². The van der Waals surface area contributed by atoms with Gasteiger partial charge in [-0.15, -0.1) is 0 Å². The van der Waals surface area contributed by atoms with Crippen molar-refractivity contribution in [3.8, 4) is 0 Å². The van der Waals surface area contributed by atoms with E-state index in [1.165, 1.54) is 13.2 Å². The molecule has 0 bridgehead atoms. The molecule has 0 heterocycles. The summed E-state index contributed by atoms with van der Waals surface area (Å²) in [6.07, 6.45) is 0. The van der Waals surface area contributed by atoms with Crippen LogP contribution in [0.4, 0.5) is 10.1 Å². The van der Waals surface area contributed by atoms with Crippen LogP contribution in [0.1, 0.15) is 12.5 Å². The fourth-order valence-electron chi connectivity index (χ4n) is 1.61. The number of nitrogens with zero attached hydrogens (tertiary/aromatic N) is 1. The molecule has 1 aromatic rings. The summed E-state index contributed by atoms with van der Waals surface area (Å²) >= 11 is 0. The van der Waals surface area contributed by atoms with Crippen molar-refractivity contribution in [1.82, 2.24) is 0 Å². The predicted molar refractivity (Wildman–Crippen MR) is 70.9 cm³/mol. The van der Waals surface area contributed by atoms with Gasteiger partial charge in [0.05, 0.1) is 24.0 Å². The summed E-state index contributed by atoms with van der Waals surface area (Å²) in [5.41, 5.74) is -0.134. The van der Waals surface area contributed by atoms with Crippen LogP contribution in [0.3, 0.4) is 0 Å². The van der Waals surface area contributed by atoms with Crippen LogP contribution >= 0.6 is 0 Å². The Morgan fingerprint density at radius 1 is 1.50 bits per heavy atom. The molecule has 0 radical (unpaired) electrons. The summed E-state index contributed by atoms with van der Waals surface area (Å²) in [4.78, 5) is 21.1. The lowest BCUT2D eigenvalue weighted by molar-refractivity contribution is -0.385. The lowest BCUT2D eigenvalue weighted by Gasteiger charge is -2.08. The number of methoxy groups -OCH3 is 1. The van der Waals surface area contributed by atoms with Gasteiger partial charge in [0.2, 0.25) is 0 Å². The molecule has 20 heavy (non-hydrogen) atoms. The van der Waals surface area contributed by atoms with E-state index in [1.54, 1.807) is 6.92 Å². The number of hydrogen-bond acceptors (Lipinski definition) is 5. The number of benzene rings is 1. The molecule has 1 aromatic carbocycles. The van der Waals surface area contributed by atoms with Gasteiger partial charge < -0.3 is 4.74 Å². The van der Waals surface area contributed by atoms with E-state index >= 15 is 0 Å². The zero-order valence-electron chi connectivity index (χ0n) is 11.0. The molecule has 2 unspecified atom stereocenters. The summed E-state index contributed by atoms with van der Waals surface area (Å²) in [6.45, 7) is 1.57. The Morgan fingerprint density at radius 3 is 2.70 bits per heavy atom. The Kier molecular flexibility index (Phi) is 5.75. The molecule has 0 spiro atoms. The Hall–Kier alpha value is -1.83. The van der Waals surface area contributed by atoms with Crippen molar-refractivity contribution in [2.75, 3.05) is 12.9 Å². The number of ether oxygens (including phenoxy) is 1. The van der Waals surface area contributed by atoms with Crippen molar-refractivity contribution in [2.45, 2.75) is 12.7 Å². The van der Waals surface area contributed by atoms with E-state index in [4.69, 9.17) is 0 Å². The number of non-ortho nitro benzene ring substituents is 1. The number of hydrogen-bond donors (Lipinski definition) is 0. The molecule has 0 aromatic heterocycles. The largest absolute Gasteiger partial charge is 0.469 e. The van der Waals surface area contributed by atoms with E-state index in [0.717, 1.165) is 12.1 Å². The number of halogens is 1. The van der Waals surface area contributed by atoms with Gasteiger partial charge >= 0.3 is 5.97 Å². The molecule has 0 amide bonds. The molecule has 0 aliphatic rings. The average molecular weight is 303 g/mol. The zero-order valence-corrected chi connectivity index (χ0v) is 11.8. The third-order valence-corrected chi connectivity index (χ3v) is 4.05. The van der Waals surface area contributed by atoms with E-state index < -0.39 is 39.1 Å². The molecule has 0 saturated carbocycles. The Balaban J connectivity index is 2.76. The van der Waals surface area contributed by atoms with Crippen LogP contribution in [-0.4, -0.2) is 28.0 Å². The minimum atomic E-state index is -1.44. The SMILES string of the molecule is COC(=O)C(C)CS(=O)Cc1cc(F)cc([N+](=O)[O-])c1.